The van der Waals surface area contributed by atoms with Crippen LogP contribution in [-0.2, 0) is 0 Å². The summed E-state index contributed by atoms with van der Waals surface area (Å²) in [7, 11) is 2.25. The van der Waals surface area contributed by atoms with Crippen LogP contribution in [0.1, 0.15) is 32.1 Å². The number of rotatable bonds is 3. The molecule has 0 aromatic rings. The molecule has 0 aromatic heterocycles. The number of hydrogen-bond acceptors (Lipinski definition) is 4. The van der Waals surface area contributed by atoms with E-state index in [0.29, 0.717) is 6.04 Å². The van der Waals surface area contributed by atoms with Gasteiger partial charge < -0.3 is 10.2 Å². The van der Waals surface area contributed by atoms with Gasteiger partial charge in [-0.3, -0.25) is 4.99 Å². The highest BCUT2D eigenvalue weighted by molar-refractivity contribution is 8.14. The maximum absolute atomic E-state index is 4.64. The van der Waals surface area contributed by atoms with E-state index in [2.05, 4.69) is 22.3 Å². The molecule has 2 aliphatic heterocycles. The van der Waals surface area contributed by atoms with Crippen LogP contribution in [0.25, 0.3) is 0 Å². The maximum atomic E-state index is 4.64. The van der Waals surface area contributed by atoms with Crippen LogP contribution >= 0.6 is 11.8 Å². The fourth-order valence-corrected chi connectivity index (χ4v) is 4.03. The lowest BCUT2D eigenvalue weighted by atomic mass is 10.0. The van der Waals surface area contributed by atoms with Gasteiger partial charge in [-0.1, -0.05) is 18.2 Å². The minimum atomic E-state index is 0.715. The Labute approximate surface area is 108 Å². The maximum Gasteiger partial charge on any atom is 0.156 e. The number of aliphatic imine (C=N–C) groups is 1. The molecule has 2 unspecified atom stereocenters. The zero-order valence-corrected chi connectivity index (χ0v) is 11.5. The molecule has 3 rings (SSSR count). The first-order chi connectivity index (χ1) is 8.33. The molecule has 3 aliphatic rings. The average Bonchev–Trinajstić information content (AvgIpc) is 3.08. The van der Waals surface area contributed by atoms with Gasteiger partial charge in [0.15, 0.2) is 5.17 Å². The van der Waals surface area contributed by atoms with E-state index in [4.69, 9.17) is 0 Å². The number of amidine groups is 1. The molecular formula is C13H23N3S. The molecule has 96 valence electrons. The topological polar surface area (TPSA) is 27.6 Å². The van der Waals surface area contributed by atoms with Crippen molar-refractivity contribution in [2.75, 3.05) is 26.7 Å². The van der Waals surface area contributed by atoms with Gasteiger partial charge in [-0.15, -0.1) is 0 Å². The number of hydrogen-bond donors (Lipinski definition) is 1. The van der Waals surface area contributed by atoms with Gasteiger partial charge in [-0.2, -0.15) is 0 Å². The molecule has 1 saturated heterocycles. The van der Waals surface area contributed by atoms with E-state index < -0.39 is 0 Å². The summed E-state index contributed by atoms with van der Waals surface area (Å²) in [4.78, 5) is 7.13. The predicted octanol–water partition coefficient (Wildman–Crippen LogP) is 1.94. The van der Waals surface area contributed by atoms with Crippen LogP contribution < -0.4 is 5.32 Å². The van der Waals surface area contributed by atoms with E-state index in [-0.39, 0.29) is 0 Å². The van der Waals surface area contributed by atoms with Crippen molar-refractivity contribution in [2.45, 2.75) is 43.4 Å². The van der Waals surface area contributed by atoms with Gasteiger partial charge in [-0.05, 0) is 45.2 Å². The van der Waals surface area contributed by atoms with E-state index in [1.165, 1.54) is 43.8 Å². The Bertz CT molecular complexity index is 301. The normalized spacial score (nSPS) is 34.8. The fourth-order valence-electron chi connectivity index (χ4n) is 2.81. The van der Waals surface area contributed by atoms with Crippen molar-refractivity contribution in [1.29, 1.82) is 0 Å². The van der Waals surface area contributed by atoms with Crippen molar-refractivity contribution in [3.63, 3.8) is 0 Å². The van der Waals surface area contributed by atoms with Gasteiger partial charge >= 0.3 is 0 Å². The molecule has 1 aliphatic carbocycles. The zero-order valence-electron chi connectivity index (χ0n) is 10.7. The number of likely N-dealkylation sites (tertiary alicyclic amines) is 1. The zero-order chi connectivity index (χ0) is 11.7. The number of likely N-dealkylation sites (N-methyl/N-ethyl adjacent to an activating group) is 1. The third-order valence-electron chi connectivity index (χ3n) is 4.24. The summed E-state index contributed by atoms with van der Waals surface area (Å²) in [6.45, 7) is 3.40. The molecule has 2 heterocycles. The lowest BCUT2D eigenvalue weighted by Gasteiger charge is -2.32. The SMILES string of the molecule is CN1CCCCC1CNC1=NCC(C2CC2)S1. The molecule has 0 radical (unpaired) electrons. The second-order valence-electron chi connectivity index (χ2n) is 5.65. The summed E-state index contributed by atoms with van der Waals surface area (Å²) in [5.41, 5.74) is 0. The fraction of sp³-hybridized carbons (Fsp3) is 0.923. The molecule has 17 heavy (non-hydrogen) atoms. The van der Waals surface area contributed by atoms with E-state index in [1.54, 1.807) is 0 Å². The smallest absolute Gasteiger partial charge is 0.156 e. The Morgan fingerprint density at radius 1 is 1.35 bits per heavy atom. The highest BCUT2D eigenvalue weighted by atomic mass is 32.2. The number of nitrogens with zero attached hydrogens (tertiary/aromatic N) is 2. The molecule has 2 fully saturated rings. The number of thioether (sulfide) groups is 1. The van der Waals surface area contributed by atoms with Gasteiger partial charge in [0.25, 0.3) is 0 Å². The van der Waals surface area contributed by atoms with Crippen LogP contribution in [0.4, 0.5) is 0 Å². The van der Waals surface area contributed by atoms with E-state index >= 15 is 0 Å². The third kappa shape index (κ3) is 2.97. The predicted molar refractivity (Wildman–Crippen MR) is 74.7 cm³/mol. The van der Waals surface area contributed by atoms with E-state index in [1.807, 2.05) is 11.8 Å². The minimum absolute atomic E-state index is 0.715. The van der Waals surface area contributed by atoms with Crippen molar-refractivity contribution in [2.24, 2.45) is 10.9 Å². The Morgan fingerprint density at radius 2 is 2.24 bits per heavy atom. The Kier molecular flexibility index (Phi) is 3.61. The monoisotopic (exact) mass is 253 g/mol. The molecule has 1 saturated carbocycles. The summed E-state index contributed by atoms with van der Waals surface area (Å²) in [6, 6.07) is 0.715. The molecule has 0 spiro atoms. The van der Waals surface area contributed by atoms with Crippen LogP contribution in [0.2, 0.25) is 0 Å². The Hall–Kier alpha value is -0.220. The largest absolute Gasteiger partial charge is 0.363 e. The molecule has 2 atom stereocenters. The second-order valence-corrected chi connectivity index (χ2v) is 6.88. The van der Waals surface area contributed by atoms with Crippen LogP contribution in [0.5, 0.6) is 0 Å². The van der Waals surface area contributed by atoms with Gasteiger partial charge in [0.05, 0.1) is 6.54 Å². The van der Waals surface area contributed by atoms with Crippen molar-refractivity contribution in [1.82, 2.24) is 10.2 Å². The average molecular weight is 253 g/mol. The standard InChI is InChI=1S/C13H23N3S/c1-16-7-3-2-4-11(16)8-14-13-15-9-12(17-13)10-5-6-10/h10-12H,2-9H2,1H3,(H,14,15). The summed E-state index contributed by atoms with van der Waals surface area (Å²) >= 11 is 1.99. The van der Waals surface area contributed by atoms with Crippen molar-refractivity contribution >= 4 is 16.9 Å². The molecule has 0 bridgehead atoms. The van der Waals surface area contributed by atoms with Crippen LogP contribution in [0.15, 0.2) is 4.99 Å². The molecule has 0 amide bonds. The highest BCUT2D eigenvalue weighted by Gasteiger charge is 2.35. The van der Waals surface area contributed by atoms with Gasteiger partial charge in [0.2, 0.25) is 0 Å². The third-order valence-corrected chi connectivity index (χ3v) is 5.57. The Balaban J connectivity index is 1.41. The summed E-state index contributed by atoms with van der Waals surface area (Å²) < 4.78 is 0. The molecular weight excluding hydrogens is 230 g/mol. The first-order valence-electron chi connectivity index (χ1n) is 6.98. The van der Waals surface area contributed by atoms with E-state index in [9.17, 15) is 0 Å². The van der Waals surface area contributed by atoms with Crippen LogP contribution in [0, 0.1) is 5.92 Å². The first-order valence-corrected chi connectivity index (χ1v) is 7.86. The van der Waals surface area contributed by atoms with Crippen LogP contribution in [-0.4, -0.2) is 48.0 Å². The van der Waals surface area contributed by atoms with Gasteiger partial charge in [0.1, 0.15) is 0 Å². The highest BCUT2D eigenvalue weighted by Crippen LogP contribution is 2.41. The summed E-state index contributed by atoms with van der Waals surface area (Å²) in [6.07, 6.45) is 6.97. The molecule has 1 N–H and O–H groups in total. The quantitative estimate of drug-likeness (QED) is 0.833. The lowest BCUT2D eigenvalue weighted by molar-refractivity contribution is 0.187. The molecule has 3 nitrogen and oxygen atoms in total. The minimum Gasteiger partial charge on any atom is -0.363 e. The van der Waals surface area contributed by atoms with E-state index in [0.717, 1.165) is 24.3 Å². The van der Waals surface area contributed by atoms with Gasteiger partial charge in [0, 0.05) is 17.8 Å². The second kappa shape index (κ2) is 5.19. The van der Waals surface area contributed by atoms with Crippen molar-refractivity contribution in [3.05, 3.63) is 0 Å². The van der Waals surface area contributed by atoms with Crippen molar-refractivity contribution in [3.8, 4) is 0 Å². The first kappa shape index (κ1) is 11.8. The lowest BCUT2D eigenvalue weighted by Crippen LogP contribution is -2.44. The number of piperidine rings is 1. The molecule has 4 heteroatoms. The summed E-state index contributed by atoms with van der Waals surface area (Å²) in [5.74, 6) is 0.973. The van der Waals surface area contributed by atoms with Crippen molar-refractivity contribution < 1.29 is 0 Å². The van der Waals surface area contributed by atoms with Crippen LogP contribution in [0.3, 0.4) is 0 Å². The number of nitrogens with one attached hydrogen (secondary N) is 1. The Morgan fingerprint density at radius 3 is 3.00 bits per heavy atom. The van der Waals surface area contributed by atoms with Gasteiger partial charge in [-0.25, -0.2) is 0 Å². The molecule has 0 aromatic carbocycles. The summed E-state index contributed by atoms with van der Waals surface area (Å²) in [5, 5.41) is 5.57.